The van der Waals surface area contributed by atoms with Crippen LogP contribution in [0.4, 0.5) is 8.78 Å². The van der Waals surface area contributed by atoms with E-state index in [9.17, 15) is 8.78 Å². The van der Waals surface area contributed by atoms with Crippen LogP contribution in [0.3, 0.4) is 0 Å². The third-order valence-electron chi connectivity index (χ3n) is 4.54. The normalized spacial score (nSPS) is 11.5. The van der Waals surface area contributed by atoms with Crippen molar-refractivity contribution >= 4 is 31.5 Å². The van der Waals surface area contributed by atoms with Crippen LogP contribution in [0.15, 0.2) is 24.3 Å². The summed E-state index contributed by atoms with van der Waals surface area (Å²) in [5.74, 6) is -0.305. The Morgan fingerprint density at radius 2 is 1.52 bits per heavy atom. The van der Waals surface area contributed by atoms with Gasteiger partial charge in [-0.05, 0) is 37.0 Å². The fraction of sp³-hybridized carbons (Fsp3) is 0.429. The van der Waals surface area contributed by atoms with Gasteiger partial charge in [0, 0.05) is 10.8 Å². The van der Waals surface area contributed by atoms with Gasteiger partial charge in [-0.15, -0.1) is 11.3 Å². The second-order valence-electron chi connectivity index (χ2n) is 6.43. The molecular weight excluding hydrogens is 338 g/mol. The predicted octanol–water partition coefficient (Wildman–Crippen LogP) is 7.24. The first-order chi connectivity index (χ1) is 12.2. The monoisotopic (exact) mass is 362 g/mol. The van der Waals surface area contributed by atoms with Gasteiger partial charge in [-0.25, -0.2) is 8.78 Å². The Bertz CT molecular complexity index is 799. The largest absolute Gasteiger partial charge is 0.490 e. The van der Waals surface area contributed by atoms with Crippen molar-refractivity contribution in [3.05, 3.63) is 41.5 Å². The fourth-order valence-corrected chi connectivity index (χ4v) is 4.25. The summed E-state index contributed by atoms with van der Waals surface area (Å²) in [6.07, 6.45) is 5.81. The Morgan fingerprint density at radius 3 is 2.24 bits per heavy atom. The summed E-state index contributed by atoms with van der Waals surface area (Å²) in [4.78, 5) is 0. The van der Waals surface area contributed by atoms with E-state index in [4.69, 9.17) is 4.74 Å². The molecule has 3 rings (SSSR count). The topological polar surface area (TPSA) is 9.23 Å². The number of benzene rings is 2. The molecule has 0 atom stereocenters. The first-order valence-corrected chi connectivity index (χ1v) is 9.93. The van der Waals surface area contributed by atoms with E-state index in [1.807, 2.05) is 18.2 Å². The maximum absolute atomic E-state index is 14.9. The number of hydrogen-bond acceptors (Lipinski definition) is 2. The molecule has 0 aliphatic rings. The highest BCUT2D eigenvalue weighted by molar-refractivity contribution is 7.25. The standard InChI is InChI=1S/C21H24F2OS/c1-3-5-7-8-14-9-10-15-16-11-12-17(24-13-6-4-2)19(23)21(16)25-20(15)18(14)22/h9-12H,3-8,13H2,1-2H3. The molecule has 1 heterocycles. The third kappa shape index (κ3) is 3.64. The molecule has 2 aromatic carbocycles. The van der Waals surface area contributed by atoms with Crippen molar-refractivity contribution in [2.45, 2.75) is 52.4 Å². The summed E-state index contributed by atoms with van der Waals surface area (Å²) in [7, 11) is 0. The van der Waals surface area contributed by atoms with Crippen LogP contribution in [-0.2, 0) is 6.42 Å². The molecule has 0 aliphatic heterocycles. The van der Waals surface area contributed by atoms with Crippen LogP contribution in [-0.4, -0.2) is 6.61 Å². The van der Waals surface area contributed by atoms with Gasteiger partial charge in [0.25, 0.3) is 0 Å². The molecule has 0 unspecified atom stereocenters. The molecule has 0 bridgehead atoms. The first kappa shape index (κ1) is 18.1. The van der Waals surface area contributed by atoms with E-state index in [1.54, 1.807) is 6.07 Å². The van der Waals surface area contributed by atoms with Crippen molar-refractivity contribution in [3.63, 3.8) is 0 Å². The van der Waals surface area contributed by atoms with E-state index >= 15 is 0 Å². The molecular formula is C21H24F2OS. The Hall–Kier alpha value is -1.68. The zero-order chi connectivity index (χ0) is 17.8. The SMILES string of the molecule is CCCCCc1ccc2c(sc3c(F)c(OCCCC)ccc32)c1F. The van der Waals surface area contributed by atoms with Crippen LogP contribution in [0, 0.1) is 11.6 Å². The lowest BCUT2D eigenvalue weighted by atomic mass is 10.0. The minimum atomic E-state index is -0.373. The molecule has 0 radical (unpaired) electrons. The van der Waals surface area contributed by atoms with Gasteiger partial charge in [-0.2, -0.15) is 0 Å². The van der Waals surface area contributed by atoms with Gasteiger partial charge < -0.3 is 4.74 Å². The predicted molar refractivity (Wildman–Crippen MR) is 103 cm³/mol. The van der Waals surface area contributed by atoms with Crippen LogP contribution in [0.25, 0.3) is 20.2 Å². The smallest absolute Gasteiger partial charge is 0.182 e. The van der Waals surface area contributed by atoms with E-state index in [0.717, 1.165) is 54.9 Å². The number of aryl methyl sites for hydroxylation is 1. The number of thiophene rings is 1. The molecule has 0 saturated heterocycles. The van der Waals surface area contributed by atoms with Crippen molar-refractivity contribution < 1.29 is 13.5 Å². The van der Waals surface area contributed by atoms with Gasteiger partial charge in [0.1, 0.15) is 5.82 Å². The number of ether oxygens (including phenoxy) is 1. The molecule has 0 amide bonds. The van der Waals surface area contributed by atoms with Crippen LogP contribution in [0.1, 0.15) is 51.5 Å². The van der Waals surface area contributed by atoms with Crippen molar-refractivity contribution in [1.29, 1.82) is 0 Å². The highest BCUT2D eigenvalue weighted by Gasteiger charge is 2.17. The molecule has 0 saturated carbocycles. The van der Waals surface area contributed by atoms with Crippen LogP contribution in [0.2, 0.25) is 0 Å². The molecule has 0 aliphatic carbocycles. The Morgan fingerprint density at radius 1 is 0.840 bits per heavy atom. The second-order valence-corrected chi connectivity index (χ2v) is 7.45. The van der Waals surface area contributed by atoms with E-state index in [-0.39, 0.29) is 17.4 Å². The lowest BCUT2D eigenvalue weighted by Gasteiger charge is -2.06. The van der Waals surface area contributed by atoms with Crippen LogP contribution >= 0.6 is 11.3 Å². The number of fused-ring (bicyclic) bond motifs is 3. The Kier molecular flexibility index (Phi) is 5.89. The van der Waals surface area contributed by atoms with Gasteiger partial charge in [0.2, 0.25) is 0 Å². The highest BCUT2D eigenvalue weighted by atomic mass is 32.1. The molecule has 1 nitrogen and oxygen atoms in total. The highest BCUT2D eigenvalue weighted by Crippen LogP contribution is 2.40. The first-order valence-electron chi connectivity index (χ1n) is 9.12. The molecule has 1 aromatic heterocycles. The van der Waals surface area contributed by atoms with E-state index in [0.29, 0.717) is 16.0 Å². The summed E-state index contributed by atoms with van der Waals surface area (Å²) < 4.78 is 36.2. The average molecular weight is 362 g/mol. The van der Waals surface area contributed by atoms with Crippen LogP contribution in [0.5, 0.6) is 5.75 Å². The molecule has 3 aromatic rings. The summed E-state index contributed by atoms with van der Waals surface area (Å²) in [5.41, 5.74) is 0.729. The number of unbranched alkanes of at least 4 members (excludes halogenated alkanes) is 3. The zero-order valence-corrected chi connectivity index (χ0v) is 15.6. The van der Waals surface area contributed by atoms with Gasteiger partial charge in [-0.3, -0.25) is 0 Å². The number of halogens is 2. The molecule has 134 valence electrons. The summed E-state index contributed by atoms with van der Waals surface area (Å²) in [6.45, 7) is 4.70. The van der Waals surface area contributed by atoms with Crippen molar-refractivity contribution in [2.24, 2.45) is 0 Å². The summed E-state index contributed by atoms with van der Waals surface area (Å²) in [6, 6.07) is 7.28. The number of rotatable bonds is 8. The lowest BCUT2D eigenvalue weighted by Crippen LogP contribution is -1.98. The maximum Gasteiger partial charge on any atom is 0.182 e. The van der Waals surface area contributed by atoms with E-state index in [2.05, 4.69) is 13.8 Å². The Balaban J connectivity index is 1.99. The minimum absolute atomic E-state index is 0.192. The average Bonchev–Trinajstić information content (AvgIpc) is 3.00. The molecule has 25 heavy (non-hydrogen) atoms. The van der Waals surface area contributed by atoms with Crippen molar-refractivity contribution in [3.8, 4) is 5.75 Å². The van der Waals surface area contributed by atoms with E-state index in [1.165, 1.54) is 11.3 Å². The molecule has 0 fully saturated rings. The third-order valence-corrected chi connectivity index (χ3v) is 5.74. The summed E-state index contributed by atoms with van der Waals surface area (Å²) >= 11 is 1.19. The zero-order valence-electron chi connectivity index (χ0n) is 14.8. The fourth-order valence-electron chi connectivity index (χ4n) is 3.06. The van der Waals surface area contributed by atoms with Gasteiger partial charge >= 0.3 is 0 Å². The van der Waals surface area contributed by atoms with Gasteiger partial charge in [0.15, 0.2) is 11.6 Å². The van der Waals surface area contributed by atoms with Crippen LogP contribution < -0.4 is 4.74 Å². The molecule has 0 N–H and O–H groups in total. The minimum Gasteiger partial charge on any atom is -0.490 e. The number of hydrogen-bond donors (Lipinski definition) is 0. The van der Waals surface area contributed by atoms with E-state index < -0.39 is 0 Å². The van der Waals surface area contributed by atoms with Crippen molar-refractivity contribution in [2.75, 3.05) is 6.61 Å². The Labute approximate surface area is 151 Å². The second kappa shape index (κ2) is 8.13. The molecule has 4 heteroatoms. The lowest BCUT2D eigenvalue weighted by molar-refractivity contribution is 0.295. The summed E-state index contributed by atoms with van der Waals surface area (Å²) in [5, 5.41) is 1.55. The quantitative estimate of drug-likeness (QED) is 0.384. The van der Waals surface area contributed by atoms with Gasteiger partial charge in [-0.1, -0.05) is 45.2 Å². The van der Waals surface area contributed by atoms with Gasteiger partial charge in [0.05, 0.1) is 16.0 Å². The van der Waals surface area contributed by atoms with Crippen molar-refractivity contribution in [1.82, 2.24) is 0 Å². The maximum atomic E-state index is 14.9. The molecule has 0 spiro atoms.